The number of benzene rings is 1. The summed E-state index contributed by atoms with van der Waals surface area (Å²) in [5, 5.41) is 1.24. The van der Waals surface area contributed by atoms with Crippen molar-refractivity contribution < 1.29 is 12.3 Å². The summed E-state index contributed by atoms with van der Waals surface area (Å²) < 4.78 is 25.1. The molecule has 1 aromatic carbocycles. The first-order valence-electron chi connectivity index (χ1n) is 10.0. The van der Waals surface area contributed by atoms with Gasteiger partial charge in [-0.1, -0.05) is 31.2 Å². The molecule has 2 aromatic rings. The quantitative estimate of drug-likeness (QED) is 0.836. The monoisotopic (exact) mass is 338 g/mol. The molecule has 5 rings (SSSR count). The minimum Gasteiger partial charge on any atom is -0.380 e. The fourth-order valence-electron chi connectivity index (χ4n) is 5.37. The molecule has 0 saturated carbocycles. The fraction of sp³-hybridized carbons (Fsp3) is 0.476. The number of nitrogens with zero attached hydrogens (tertiary/aromatic N) is 2. The number of carbonyl (C=O) groups excluding carboxylic acids is 1. The highest BCUT2D eigenvalue weighted by Crippen LogP contribution is 2.57. The second kappa shape index (κ2) is 4.98. The van der Waals surface area contributed by atoms with Crippen molar-refractivity contribution in [2.45, 2.75) is 45.2 Å². The van der Waals surface area contributed by atoms with Gasteiger partial charge in [-0.3, -0.25) is 4.79 Å². The number of fused-ring (bicyclic) bond motifs is 3. The van der Waals surface area contributed by atoms with Crippen molar-refractivity contribution in [2.75, 3.05) is 13.7 Å². The smallest absolute Gasteiger partial charge is 0.225 e. The van der Waals surface area contributed by atoms with Crippen molar-refractivity contribution in [3.8, 4) is 0 Å². The summed E-state index contributed by atoms with van der Waals surface area (Å²) in [6, 6.07) is 8.21. The Morgan fingerprint density at radius 3 is 2.96 bits per heavy atom. The van der Waals surface area contributed by atoms with E-state index in [4.69, 9.17) is 7.48 Å². The first-order valence-corrected chi connectivity index (χ1v) is 9.04. The molecule has 25 heavy (non-hydrogen) atoms. The van der Waals surface area contributed by atoms with E-state index in [1.807, 2.05) is 6.07 Å². The maximum absolute atomic E-state index is 13.1. The lowest BCUT2D eigenvalue weighted by Gasteiger charge is -2.56. The van der Waals surface area contributed by atoms with E-state index < -0.39 is 23.8 Å². The lowest BCUT2D eigenvalue weighted by molar-refractivity contribution is -0.157. The van der Waals surface area contributed by atoms with E-state index >= 15 is 0 Å². The fourth-order valence-corrected chi connectivity index (χ4v) is 5.37. The Balaban J connectivity index is 1.89. The Hall–Kier alpha value is -2.07. The molecule has 4 nitrogen and oxygen atoms in total. The molecule has 0 radical (unpaired) electrons. The molecule has 0 unspecified atom stereocenters. The van der Waals surface area contributed by atoms with E-state index in [0.29, 0.717) is 13.0 Å². The van der Waals surface area contributed by atoms with Gasteiger partial charge in [0.2, 0.25) is 5.91 Å². The molecule has 0 aliphatic carbocycles. The largest absolute Gasteiger partial charge is 0.380 e. The highest BCUT2D eigenvalue weighted by molar-refractivity contribution is 5.91. The number of carbonyl (C=O) groups is 1. The van der Waals surface area contributed by atoms with E-state index in [1.54, 1.807) is 4.90 Å². The van der Waals surface area contributed by atoms with Crippen molar-refractivity contribution in [1.82, 2.24) is 9.47 Å². The van der Waals surface area contributed by atoms with Gasteiger partial charge in [0.1, 0.15) is 0 Å². The van der Waals surface area contributed by atoms with Crippen LogP contribution in [0.15, 0.2) is 30.3 Å². The number of hydrogen-bond acceptors (Lipinski definition) is 2. The van der Waals surface area contributed by atoms with Gasteiger partial charge in [-0.05, 0) is 31.4 Å². The Bertz CT molecular complexity index is 1010. The number of hydrogen-bond donors (Lipinski definition) is 0. The van der Waals surface area contributed by atoms with Gasteiger partial charge >= 0.3 is 0 Å². The van der Waals surface area contributed by atoms with Gasteiger partial charge < -0.3 is 14.2 Å². The van der Waals surface area contributed by atoms with Gasteiger partial charge in [0.15, 0.2) is 0 Å². The zero-order chi connectivity index (χ0) is 19.1. The molecule has 1 aromatic heterocycles. The van der Waals surface area contributed by atoms with Crippen LogP contribution in [0.1, 0.15) is 46.7 Å². The molecular formula is C21H24N2O2. The summed E-state index contributed by atoms with van der Waals surface area (Å²) in [5.74, 6) is -0.446. The molecule has 0 bridgehead atoms. The van der Waals surface area contributed by atoms with Crippen LogP contribution in [0.4, 0.5) is 0 Å². The third-order valence-corrected chi connectivity index (χ3v) is 6.38. The van der Waals surface area contributed by atoms with Crippen LogP contribution in [0.5, 0.6) is 0 Å². The average molecular weight is 338 g/mol. The number of ether oxygens (including phenoxy) is 1. The molecule has 130 valence electrons. The van der Waals surface area contributed by atoms with Crippen molar-refractivity contribution >= 4 is 22.5 Å². The van der Waals surface area contributed by atoms with Gasteiger partial charge in [0.05, 0.1) is 29.7 Å². The van der Waals surface area contributed by atoms with Crippen LogP contribution in [0.25, 0.3) is 16.6 Å². The van der Waals surface area contributed by atoms with E-state index in [0.717, 1.165) is 23.3 Å². The summed E-state index contributed by atoms with van der Waals surface area (Å²) in [5.41, 5.74) is 4.12. The molecule has 0 spiro atoms. The summed E-state index contributed by atoms with van der Waals surface area (Å²) in [6.45, 7) is 4.71. The standard InChI is InChI=1S/C21H24N2O2/c1-4-21-12-13(2)23-16-8-6-5-7-14(16)15-9-10-22(20(21)19(15)23)18(24)11-17(21)25-3/h5-8,12,17,20H,4,9-11H2,1-3H3/t17-,20+,21+/m0/s1/i11D2. The predicted molar refractivity (Wildman–Crippen MR) is 98.2 cm³/mol. The van der Waals surface area contributed by atoms with Crippen LogP contribution >= 0.6 is 0 Å². The number of para-hydroxylation sites is 1. The van der Waals surface area contributed by atoms with E-state index in [-0.39, 0.29) is 6.04 Å². The first-order chi connectivity index (χ1) is 12.9. The summed E-state index contributed by atoms with van der Waals surface area (Å²) in [4.78, 5) is 14.9. The van der Waals surface area contributed by atoms with Crippen LogP contribution in [-0.2, 0) is 16.0 Å². The Morgan fingerprint density at radius 1 is 1.40 bits per heavy atom. The number of piperidine rings is 1. The summed E-state index contributed by atoms with van der Waals surface area (Å²) in [6.07, 6.45) is 0.779. The van der Waals surface area contributed by atoms with Crippen molar-refractivity contribution in [1.29, 1.82) is 0 Å². The third kappa shape index (κ3) is 1.68. The number of amides is 1. The van der Waals surface area contributed by atoms with Crippen LogP contribution in [-0.4, -0.2) is 35.1 Å². The molecule has 1 saturated heterocycles. The minimum atomic E-state index is -2.04. The zero-order valence-corrected chi connectivity index (χ0v) is 14.9. The number of aromatic nitrogens is 1. The predicted octanol–water partition coefficient (Wildman–Crippen LogP) is 3.76. The van der Waals surface area contributed by atoms with Crippen LogP contribution in [0.2, 0.25) is 0 Å². The molecule has 1 fully saturated rings. The van der Waals surface area contributed by atoms with Crippen LogP contribution in [0, 0.1) is 5.41 Å². The van der Waals surface area contributed by atoms with Gasteiger partial charge in [-0.25, -0.2) is 0 Å². The van der Waals surface area contributed by atoms with Gasteiger partial charge in [-0.2, -0.15) is 0 Å². The van der Waals surface area contributed by atoms with Crippen molar-refractivity contribution in [3.63, 3.8) is 0 Å². The SMILES string of the molecule is [2H]C1([2H])C(=O)N2CCc3c4n(c5ccccc35)C(C)=C[C@@](CC)([C@@H]42)[C@H]1OC. The van der Waals surface area contributed by atoms with E-state index in [1.165, 1.54) is 18.1 Å². The molecule has 0 N–H and O–H groups in total. The van der Waals surface area contributed by atoms with Crippen molar-refractivity contribution in [3.05, 3.63) is 41.6 Å². The second-order valence-corrected chi connectivity index (χ2v) is 7.38. The minimum absolute atomic E-state index is 0.191. The summed E-state index contributed by atoms with van der Waals surface area (Å²) >= 11 is 0. The molecule has 3 atom stereocenters. The zero-order valence-electron chi connectivity index (χ0n) is 16.9. The van der Waals surface area contributed by atoms with Gasteiger partial charge in [0, 0.05) is 32.9 Å². The highest BCUT2D eigenvalue weighted by Gasteiger charge is 2.57. The summed E-state index contributed by atoms with van der Waals surface area (Å²) in [7, 11) is 1.53. The first kappa shape index (κ1) is 13.2. The molecule has 1 amide bonds. The van der Waals surface area contributed by atoms with Crippen LogP contribution in [0.3, 0.4) is 0 Å². The molecular weight excluding hydrogens is 312 g/mol. The van der Waals surface area contributed by atoms with E-state index in [9.17, 15) is 4.79 Å². The van der Waals surface area contributed by atoms with Gasteiger partial charge in [-0.15, -0.1) is 0 Å². The average Bonchev–Trinajstić information content (AvgIpc) is 3.00. The number of methoxy groups -OCH3 is 1. The van der Waals surface area contributed by atoms with E-state index in [2.05, 4.69) is 42.7 Å². The molecule has 4 heteroatoms. The Kier molecular flexibility index (Phi) is 2.62. The third-order valence-electron chi connectivity index (χ3n) is 6.38. The lowest BCUT2D eigenvalue weighted by atomic mass is 9.64. The lowest BCUT2D eigenvalue weighted by Crippen LogP contribution is -2.59. The topological polar surface area (TPSA) is 34.5 Å². The molecule has 3 aliphatic rings. The maximum Gasteiger partial charge on any atom is 0.225 e. The second-order valence-electron chi connectivity index (χ2n) is 7.38. The number of allylic oxidation sites excluding steroid dienone is 1. The Morgan fingerprint density at radius 2 is 2.20 bits per heavy atom. The van der Waals surface area contributed by atoms with Crippen LogP contribution < -0.4 is 0 Å². The Labute approximate surface area is 150 Å². The highest BCUT2D eigenvalue weighted by atomic mass is 16.5. The molecule has 3 aliphatic heterocycles. The number of rotatable bonds is 2. The molecule has 4 heterocycles. The van der Waals surface area contributed by atoms with Crippen molar-refractivity contribution in [2.24, 2.45) is 5.41 Å². The normalized spacial score (nSPS) is 33.6. The maximum atomic E-state index is 13.1. The van der Waals surface area contributed by atoms with Gasteiger partial charge in [0.25, 0.3) is 0 Å².